The summed E-state index contributed by atoms with van der Waals surface area (Å²) in [5, 5.41) is 6.99. The first-order valence-electron chi connectivity index (χ1n) is 7.04. The van der Waals surface area contributed by atoms with Crippen molar-refractivity contribution in [3.63, 3.8) is 0 Å². The number of nitrogen functional groups attached to an aromatic ring is 1. The van der Waals surface area contributed by atoms with Crippen molar-refractivity contribution < 1.29 is 14.3 Å². The molecule has 0 radical (unpaired) electrons. The van der Waals surface area contributed by atoms with Gasteiger partial charge in [0.25, 0.3) is 5.91 Å². The fraction of sp³-hybridized carbons (Fsp3) is 0.615. The lowest BCUT2D eigenvalue weighted by Crippen LogP contribution is -2.56. The van der Waals surface area contributed by atoms with Gasteiger partial charge in [-0.1, -0.05) is 0 Å². The quantitative estimate of drug-likeness (QED) is 0.753. The number of nitrogens with zero attached hydrogens (tertiary/aromatic N) is 3. The van der Waals surface area contributed by atoms with E-state index in [-0.39, 0.29) is 30.2 Å². The zero-order valence-corrected chi connectivity index (χ0v) is 11.9. The molecule has 2 heterocycles. The van der Waals surface area contributed by atoms with Crippen LogP contribution in [-0.2, 0) is 16.6 Å². The summed E-state index contributed by atoms with van der Waals surface area (Å²) in [6.07, 6.45) is 3.58. The van der Waals surface area contributed by atoms with Crippen molar-refractivity contribution in [2.45, 2.75) is 24.9 Å². The van der Waals surface area contributed by atoms with Gasteiger partial charge < -0.3 is 20.7 Å². The number of rotatable bonds is 3. The third kappa shape index (κ3) is 2.85. The molecule has 1 saturated heterocycles. The second kappa shape index (κ2) is 5.36. The molecule has 2 aliphatic rings. The van der Waals surface area contributed by atoms with Gasteiger partial charge in [0.15, 0.2) is 5.69 Å². The number of nitrogens with one attached hydrogen (secondary N) is 1. The second-order valence-electron chi connectivity index (χ2n) is 5.48. The Morgan fingerprint density at radius 1 is 1.48 bits per heavy atom. The van der Waals surface area contributed by atoms with Crippen LogP contribution in [0.5, 0.6) is 0 Å². The standard InChI is InChI=1S/C13H19N5O3/c1-17-6-9(14)11(16-17)13(20)18-4-5-21-7-10(18)12(19)15-8-2-3-8/h6,8,10H,2-5,7,14H2,1H3,(H,15,19). The van der Waals surface area contributed by atoms with Gasteiger partial charge in [-0.15, -0.1) is 0 Å². The topological polar surface area (TPSA) is 102 Å². The van der Waals surface area contributed by atoms with Crippen molar-refractivity contribution >= 4 is 17.5 Å². The molecule has 0 aromatic carbocycles. The summed E-state index contributed by atoms with van der Waals surface area (Å²) in [6.45, 7) is 0.973. The Kier molecular flexibility index (Phi) is 3.54. The van der Waals surface area contributed by atoms with E-state index >= 15 is 0 Å². The van der Waals surface area contributed by atoms with Crippen LogP contribution in [-0.4, -0.2) is 58.3 Å². The first-order valence-corrected chi connectivity index (χ1v) is 7.04. The third-order valence-electron chi connectivity index (χ3n) is 3.68. The first kappa shape index (κ1) is 13.9. The summed E-state index contributed by atoms with van der Waals surface area (Å²) in [5.41, 5.74) is 6.30. The normalized spacial score (nSPS) is 22.1. The van der Waals surface area contributed by atoms with Crippen LogP contribution in [0.2, 0.25) is 0 Å². The van der Waals surface area contributed by atoms with Crippen LogP contribution in [0.3, 0.4) is 0 Å². The summed E-state index contributed by atoms with van der Waals surface area (Å²) in [6, 6.07) is -0.371. The van der Waals surface area contributed by atoms with E-state index < -0.39 is 6.04 Å². The van der Waals surface area contributed by atoms with Crippen molar-refractivity contribution in [3.05, 3.63) is 11.9 Å². The number of carbonyl (C=O) groups excluding carboxylic acids is 2. The Balaban J connectivity index is 1.78. The second-order valence-corrected chi connectivity index (χ2v) is 5.48. The molecule has 114 valence electrons. The van der Waals surface area contributed by atoms with Gasteiger partial charge in [0.2, 0.25) is 5.91 Å². The molecule has 8 nitrogen and oxygen atoms in total. The first-order chi connectivity index (χ1) is 10.1. The van der Waals surface area contributed by atoms with Crippen molar-refractivity contribution in [2.75, 3.05) is 25.5 Å². The zero-order chi connectivity index (χ0) is 15.0. The van der Waals surface area contributed by atoms with E-state index in [1.165, 1.54) is 9.58 Å². The lowest BCUT2D eigenvalue weighted by molar-refractivity contribution is -0.130. The molecule has 1 atom stereocenters. The third-order valence-corrected chi connectivity index (χ3v) is 3.68. The molecule has 1 unspecified atom stereocenters. The van der Waals surface area contributed by atoms with Gasteiger partial charge in [-0.2, -0.15) is 5.10 Å². The SMILES string of the molecule is Cn1cc(N)c(C(=O)N2CCOCC2C(=O)NC2CC2)n1. The number of carbonyl (C=O) groups is 2. The Hall–Kier alpha value is -2.09. The van der Waals surface area contributed by atoms with Crippen LogP contribution in [0.15, 0.2) is 6.20 Å². The number of hydrogen-bond donors (Lipinski definition) is 2. The number of nitrogens with two attached hydrogens (primary N) is 1. The monoisotopic (exact) mass is 293 g/mol. The van der Waals surface area contributed by atoms with Gasteiger partial charge in [-0.3, -0.25) is 14.3 Å². The van der Waals surface area contributed by atoms with Crippen LogP contribution in [0, 0.1) is 0 Å². The number of ether oxygens (including phenoxy) is 1. The Bertz CT molecular complexity index is 566. The molecule has 1 aromatic rings. The average Bonchev–Trinajstić information content (AvgIpc) is 3.21. The van der Waals surface area contributed by atoms with E-state index in [1.807, 2.05) is 0 Å². The van der Waals surface area contributed by atoms with E-state index in [0.717, 1.165) is 12.8 Å². The molecule has 21 heavy (non-hydrogen) atoms. The van der Waals surface area contributed by atoms with Gasteiger partial charge in [-0.25, -0.2) is 0 Å². The highest BCUT2D eigenvalue weighted by Crippen LogP contribution is 2.21. The molecule has 8 heteroatoms. The maximum Gasteiger partial charge on any atom is 0.277 e. The predicted molar refractivity (Wildman–Crippen MR) is 74.4 cm³/mol. The van der Waals surface area contributed by atoms with Gasteiger partial charge in [0.1, 0.15) is 6.04 Å². The molecule has 3 N–H and O–H groups in total. The Labute approximate surface area is 122 Å². The van der Waals surface area contributed by atoms with Gasteiger partial charge in [-0.05, 0) is 12.8 Å². The van der Waals surface area contributed by atoms with Gasteiger partial charge >= 0.3 is 0 Å². The van der Waals surface area contributed by atoms with Crippen LogP contribution >= 0.6 is 0 Å². The maximum absolute atomic E-state index is 12.6. The number of aryl methyl sites for hydroxylation is 1. The molecule has 1 aliphatic carbocycles. The molecular weight excluding hydrogens is 274 g/mol. The molecule has 1 aromatic heterocycles. The highest BCUT2D eigenvalue weighted by Gasteiger charge is 2.37. The van der Waals surface area contributed by atoms with E-state index in [2.05, 4.69) is 10.4 Å². The zero-order valence-electron chi connectivity index (χ0n) is 11.9. The number of morpholine rings is 1. The fourth-order valence-corrected chi connectivity index (χ4v) is 2.40. The molecule has 2 amide bonds. The minimum absolute atomic E-state index is 0.167. The molecule has 0 spiro atoms. The van der Waals surface area contributed by atoms with Gasteiger partial charge in [0.05, 0.1) is 18.9 Å². The number of aromatic nitrogens is 2. The maximum atomic E-state index is 12.6. The fourth-order valence-electron chi connectivity index (χ4n) is 2.40. The van der Waals surface area contributed by atoms with E-state index in [4.69, 9.17) is 10.5 Å². The lowest BCUT2D eigenvalue weighted by atomic mass is 10.2. The minimum Gasteiger partial charge on any atom is -0.396 e. The average molecular weight is 293 g/mol. The number of hydrogen-bond acceptors (Lipinski definition) is 5. The molecule has 1 aliphatic heterocycles. The highest BCUT2D eigenvalue weighted by molar-refractivity contribution is 5.99. The van der Waals surface area contributed by atoms with Crippen molar-refractivity contribution in [1.29, 1.82) is 0 Å². The molecule has 2 fully saturated rings. The van der Waals surface area contributed by atoms with Crippen LogP contribution in [0.1, 0.15) is 23.3 Å². The van der Waals surface area contributed by atoms with Crippen LogP contribution in [0.4, 0.5) is 5.69 Å². The largest absolute Gasteiger partial charge is 0.396 e. The van der Waals surface area contributed by atoms with Crippen molar-refractivity contribution in [2.24, 2.45) is 7.05 Å². The van der Waals surface area contributed by atoms with Crippen LogP contribution in [0.25, 0.3) is 0 Å². The Morgan fingerprint density at radius 3 is 2.86 bits per heavy atom. The molecule has 1 saturated carbocycles. The number of amides is 2. The Morgan fingerprint density at radius 2 is 2.24 bits per heavy atom. The number of anilines is 1. The molecule has 3 rings (SSSR count). The molecule has 0 bridgehead atoms. The summed E-state index contributed by atoms with van der Waals surface area (Å²) in [4.78, 5) is 26.3. The van der Waals surface area contributed by atoms with Crippen molar-refractivity contribution in [1.82, 2.24) is 20.0 Å². The highest BCUT2D eigenvalue weighted by atomic mass is 16.5. The summed E-state index contributed by atoms with van der Waals surface area (Å²) in [5.74, 6) is -0.493. The van der Waals surface area contributed by atoms with E-state index in [9.17, 15) is 9.59 Å². The molecular formula is C13H19N5O3. The van der Waals surface area contributed by atoms with Crippen LogP contribution < -0.4 is 11.1 Å². The summed E-state index contributed by atoms with van der Waals surface area (Å²) in [7, 11) is 1.70. The smallest absolute Gasteiger partial charge is 0.277 e. The summed E-state index contributed by atoms with van der Waals surface area (Å²) >= 11 is 0. The van der Waals surface area contributed by atoms with E-state index in [1.54, 1.807) is 13.2 Å². The van der Waals surface area contributed by atoms with Crippen molar-refractivity contribution in [3.8, 4) is 0 Å². The summed E-state index contributed by atoms with van der Waals surface area (Å²) < 4.78 is 6.83. The predicted octanol–water partition coefficient (Wildman–Crippen LogP) is -0.878. The van der Waals surface area contributed by atoms with Gasteiger partial charge in [0, 0.05) is 25.8 Å². The lowest BCUT2D eigenvalue weighted by Gasteiger charge is -2.34. The minimum atomic E-state index is -0.617. The van der Waals surface area contributed by atoms with E-state index in [0.29, 0.717) is 18.8 Å².